The third-order valence-electron chi connectivity index (χ3n) is 3.00. The van der Waals surface area contributed by atoms with Crippen LogP contribution in [0.15, 0.2) is 18.2 Å². The largest absolute Gasteiger partial charge is 0.496 e. The number of aliphatic carboxylic acids is 1. The summed E-state index contributed by atoms with van der Waals surface area (Å²) in [5.74, 6) is -0.821. The van der Waals surface area contributed by atoms with Crippen LogP contribution in [-0.2, 0) is 4.79 Å². The molecule has 0 saturated heterocycles. The van der Waals surface area contributed by atoms with Gasteiger partial charge in [0.25, 0.3) is 5.69 Å². The van der Waals surface area contributed by atoms with Crippen molar-refractivity contribution in [3.63, 3.8) is 0 Å². The van der Waals surface area contributed by atoms with E-state index in [1.165, 1.54) is 19.2 Å². The van der Waals surface area contributed by atoms with Crippen molar-refractivity contribution in [2.75, 3.05) is 19.0 Å². The lowest BCUT2D eigenvalue weighted by atomic mass is 9.97. The van der Waals surface area contributed by atoms with Crippen molar-refractivity contribution in [1.82, 2.24) is 0 Å². The number of carbonyl (C=O) groups is 1. The molecule has 0 bridgehead atoms. The number of anilines is 1. The summed E-state index contributed by atoms with van der Waals surface area (Å²) in [5, 5.41) is 22.9. The van der Waals surface area contributed by atoms with Gasteiger partial charge in [0, 0.05) is 24.4 Å². The maximum Gasteiger partial charge on any atom is 0.308 e. The van der Waals surface area contributed by atoms with Gasteiger partial charge in [-0.3, -0.25) is 14.9 Å². The maximum absolute atomic E-state index is 11.2. The number of rotatable bonds is 8. The highest BCUT2D eigenvalue weighted by Gasteiger charge is 2.19. The number of benzene rings is 1. The van der Waals surface area contributed by atoms with Gasteiger partial charge in [-0.2, -0.15) is 0 Å². The van der Waals surface area contributed by atoms with E-state index in [4.69, 9.17) is 4.74 Å². The molecule has 0 heterocycles. The van der Waals surface area contributed by atoms with Gasteiger partial charge < -0.3 is 15.2 Å². The molecule has 0 spiro atoms. The van der Waals surface area contributed by atoms with E-state index in [-0.39, 0.29) is 18.2 Å². The monoisotopic (exact) mass is 296 g/mol. The fraction of sp³-hybridized carbons (Fsp3) is 0.500. The van der Waals surface area contributed by atoms with Gasteiger partial charge in [-0.1, -0.05) is 13.8 Å². The molecule has 0 amide bonds. The molecule has 7 nitrogen and oxygen atoms in total. The number of ether oxygens (including phenoxy) is 1. The zero-order chi connectivity index (χ0) is 16.0. The Morgan fingerprint density at radius 3 is 2.57 bits per heavy atom. The molecule has 0 aliphatic carbocycles. The van der Waals surface area contributed by atoms with Crippen LogP contribution >= 0.6 is 0 Å². The summed E-state index contributed by atoms with van der Waals surface area (Å²) in [4.78, 5) is 21.5. The minimum Gasteiger partial charge on any atom is -0.496 e. The molecule has 1 unspecified atom stereocenters. The van der Waals surface area contributed by atoms with Crippen LogP contribution < -0.4 is 10.1 Å². The van der Waals surface area contributed by atoms with Crippen LogP contribution in [0, 0.1) is 22.0 Å². The van der Waals surface area contributed by atoms with Crippen molar-refractivity contribution < 1.29 is 19.6 Å². The van der Waals surface area contributed by atoms with Gasteiger partial charge in [0.05, 0.1) is 24.0 Å². The van der Waals surface area contributed by atoms with E-state index in [9.17, 15) is 20.0 Å². The Hall–Kier alpha value is -2.31. The van der Waals surface area contributed by atoms with Crippen molar-refractivity contribution in [3.8, 4) is 5.75 Å². The Bertz CT molecular complexity index is 516. The quantitative estimate of drug-likeness (QED) is 0.565. The lowest BCUT2D eigenvalue weighted by Gasteiger charge is -2.16. The molecule has 7 heteroatoms. The predicted molar refractivity (Wildman–Crippen MR) is 78.7 cm³/mol. The normalized spacial score (nSPS) is 12.0. The fourth-order valence-corrected chi connectivity index (χ4v) is 1.99. The number of nitrogens with one attached hydrogen (secondary N) is 1. The first-order valence-electron chi connectivity index (χ1n) is 6.63. The Morgan fingerprint density at radius 1 is 1.43 bits per heavy atom. The second-order valence-electron chi connectivity index (χ2n) is 5.22. The van der Waals surface area contributed by atoms with Crippen molar-refractivity contribution in [2.45, 2.75) is 20.3 Å². The number of hydrogen-bond acceptors (Lipinski definition) is 5. The highest BCUT2D eigenvalue weighted by molar-refractivity contribution is 5.71. The SMILES string of the molecule is COc1cc(NCC(CC(C)C)C(=O)O)cc([N+](=O)[O-])c1. The van der Waals surface area contributed by atoms with E-state index < -0.39 is 16.8 Å². The maximum atomic E-state index is 11.2. The number of carboxylic acids is 1. The van der Waals surface area contributed by atoms with E-state index in [1.54, 1.807) is 6.07 Å². The van der Waals surface area contributed by atoms with Crippen LogP contribution in [0.25, 0.3) is 0 Å². The minimum absolute atomic E-state index is 0.104. The zero-order valence-corrected chi connectivity index (χ0v) is 12.3. The van der Waals surface area contributed by atoms with Crippen LogP contribution in [-0.4, -0.2) is 29.7 Å². The molecule has 0 fully saturated rings. The molecule has 0 radical (unpaired) electrons. The van der Waals surface area contributed by atoms with Crippen LogP contribution in [0.1, 0.15) is 20.3 Å². The van der Waals surface area contributed by atoms with Crippen molar-refractivity contribution in [1.29, 1.82) is 0 Å². The molecular weight excluding hydrogens is 276 g/mol. The standard InChI is InChI=1S/C14H20N2O5/c1-9(2)4-10(14(17)18)8-15-11-5-12(16(19)20)7-13(6-11)21-3/h5-7,9-10,15H,4,8H2,1-3H3,(H,17,18). The molecule has 0 aromatic heterocycles. The van der Waals surface area contributed by atoms with E-state index in [1.807, 2.05) is 13.8 Å². The molecule has 0 aliphatic heterocycles. The zero-order valence-electron chi connectivity index (χ0n) is 12.3. The van der Waals surface area contributed by atoms with E-state index >= 15 is 0 Å². The van der Waals surface area contributed by atoms with Gasteiger partial charge in [0.15, 0.2) is 0 Å². The highest BCUT2D eigenvalue weighted by atomic mass is 16.6. The van der Waals surface area contributed by atoms with Crippen LogP contribution in [0.2, 0.25) is 0 Å². The van der Waals surface area contributed by atoms with Crippen molar-refractivity contribution in [3.05, 3.63) is 28.3 Å². The lowest BCUT2D eigenvalue weighted by Crippen LogP contribution is -2.24. The molecule has 1 atom stereocenters. The molecule has 2 N–H and O–H groups in total. The second kappa shape index (κ2) is 7.47. The number of nitro groups is 1. The Morgan fingerprint density at radius 2 is 2.10 bits per heavy atom. The molecule has 0 aliphatic rings. The van der Waals surface area contributed by atoms with Gasteiger partial charge in [0.1, 0.15) is 5.75 Å². The molecule has 116 valence electrons. The van der Waals surface area contributed by atoms with E-state index in [0.717, 1.165) is 0 Å². The number of nitrogens with zero attached hydrogens (tertiary/aromatic N) is 1. The molecule has 1 aromatic carbocycles. The third kappa shape index (κ3) is 5.29. The average molecular weight is 296 g/mol. The predicted octanol–water partition coefficient (Wildman–Crippen LogP) is 2.76. The summed E-state index contributed by atoms with van der Waals surface area (Å²) >= 11 is 0. The smallest absolute Gasteiger partial charge is 0.308 e. The number of hydrogen-bond donors (Lipinski definition) is 2. The summed E-state index contributed by atoms with van der Waals surface area (Å²) in [6.45, 7) is 4.11. The van der Waals surface area contributed by atoms with Gasteiger partial charge in [-0.15, -0.1) is 0 Å². The summed E-state index contributed by atoms with van der Waals surface area (Å²) in [6, 6.07) is 4.27. The molecular formula is C14H20N2O5. The summed E-state index contributed by atoms with van der Waals surface area (Å²) in [6.07, 6.45) is 0.536. The topological polar surface area (TPSA) is 102 Å². The first-order chi connectivity index (χ1) is 9.83. The van der Waals surface area contributed by atoms with Gasteiger partial charge >= 0.3 is 5.97 Å². The van der Waals surface area contributed by atoms with Gasteiger partial charge in [-0.05, 0) is 12.3 Å². The van der Waals surface area contributed by atoms with Crippen molar-refractivity contribution in [2.24, 2.45) is 11.8 Å². The molecule has 21 heavy (non-hydrogen) atoms. The Balaban J connectivity index is 2.83. The number of non-ortho nitro benzene ring substituents is 1. The average Bonchev–Trinajstić information content (AvgIpc) is 2.42. The number of carboxylic acid groups (broad SMARTS) is 1. The fourth-order valence-electron chi connectivity index (χ4n) is 1.99. The second-order valence-corrected chi connectivity index (χ2v) is 5.22. The highest BCUT2D eigenvalue weighted by Crippen LogP contribution is 2.26. The minimum atomic E-state index is -0.881. The lowest BCUT2D eigenvalue weighted by molar-refractivity contribution is -0.384. The van der Waals surface area contributed by atoms with E-state index in [0.29, 0.717) is 17.9 Å². The first-order valence-corrected chi connectivity index (χ1v) is 6.63. The first kappa shape index (κ1) is 16.7. The Kier molecular flexibility index (Phi) is 5.95. The van der Waals surface area contributed by atoms with Crippen LogP contribution in [0.5, 0.6) is 5.75 Å². The summed E-state index contributed by atoms with van der Waals surface area (Å²) < 4.78 is 5.00. The van der Waals surface area contributed by atoms with Crippen molar-refractivity contribution >= 4 is 17.3 Å². The van der Waals surface area contributed by atoms with Crippen LogP contribution in [0.3, 0.4) is 0 Å². The molecule has 1 rings (SSSR count). The Labute approximate surface area is 123 Å². The van der Waals surface area contributed by atoms with Gasteiger partial charge in [0.2, 0.25) is 0 Å². The third-order valence-corrected chi connectivity index (χ3v) is 3.00. The van der Waals surface area contributed by atoms with Gasteiger partial charge in [-0.25, -0.2) is 0 Å². The summed E-state index contributed by atoms with van der Waals surface area (Å²) in [7, 11) is 1.42. The number of nitro benzene ring substituents is 1. The molecule has 1 aromatic rings. The van der Waals surface area contributed by atoms with E-state index in [2.05, 4.69) is 5.32 Å². The van der Waals surface area contributed by atoms with Crippen LogP contribution in [0.4, 0.5) is 11.4 Å². The summed E-state index contributed by atoms with van der Waals surface area (Å²) in [5.41, 5.74) is 0.364. The molecule has 0 saturated carbocycles. The number of methoxy groups -OCH3 is 1.